The lowest BCUT2D eigenvalue weighted by Crippen LogP contribution is -2.22. The summed E-state index contributed by atoms with van der Waals surface area (Å²) < 4.78 is 7.61. The van der Waals surface area contributed by atoms with Gasteiger partial charge >= 0.3 is 5.97 Å². The predicted octanol–water partition coefficient (Wildman–Crippen LogP) is 1.62. The molecule has 2 heterocycles. The summed E-state index contributed by atoms with van der Waals surface area (Å²) in [5, 5.41) is 11.6. The summed E-state index contributed by atoms with van der Waals surface area (Å²) in [4.78, 5) is 24.1. The fourth-order valence-corrected chi connectivity index (χ4v) is 2.42. The lowest BCUT2D eigenvalue weighted by atomic mass is 10.3. The Morgan fingerprint density at radius 1 is 1.22 bits per heavy atom. The maximum atomic E-state index is 12.3. The zero-order chi connectivity index (χ0) is 17.3. The number of nitrogens with zero attached hydrogens (tertiary/aromatic N) is 4. The highest BCUT2D eigenvalue weighted by Crippen LogP contribution is 2.22. The number of ether oxygens (including phenoxy) is 1. The van der Waals surface area contributed by atoms with E-state index < -0.39 is 5.97 Å². The van der Waals surface area contributed by atoms with Gasteiger partial charge in [-0.05, 0) is 20.8 Å². The van der Waals surface area contributed by atoms with Gasteiger partial charge in [-0.2, -0.15) is 10.2 Å². The van der Waals surface area contributed by atoms with Gasteiger partial charge in [-0.15, -0.1) is 0 Å². The van der Waals surface area contributed by atoms with Crippen molar-refractivity contribution in [3.63, 3.8) is 0 Å². The lowest BCUT2D eigenvalue weighted by molar-refractivity contribution is -0.116. The molecule has 1 N–H and O–H groups in total. The summed E-state index contributed by atoms with van der Waals surface area (Å²) in [6.45, 7) is 5.23. The van der Waals surface area contributed by atoms with E-state index in [1.165, 1.54) is 16.5 Å². The smallest absolute Gasteiger partial charge is 0.358 e. The van der Waals surface area contributed by atoms with Crippen LogP contribution in [0.3, 0.4) is 0 Å². The van der Waals surface area contributed by atoms with E-state index >= 15 is 0 Å². The minimum atomic E-state index is -0.572. The van der Waals surface area contributed by atoms with E-state index in [-0.39, 0.29) is 18.1 Å². The quantitative estimate of drug-likeness (QED) is 0.855. The lowest BCUT2D eigenvalue weighted by Gasteiger charge is -2.08. The molecule has 2 aromatic heterocycles. The van der Waals surface area contributed by atoms with Gasteiger partial charge in [0.05, 0.1) is 34.9 Å². The first kappa shape index (κ1) is 17.0. The van der Waals surface area contributed by atoms with Crippen LogP contribution in [-0.2, 0) is 23.1 Å². The molecule has 23 heavy (non-hydrogen) atoms. The molecule has 2 rings (SSSR count). The maximum Gasteiger partial charge on any atom is 0.358 e. The SMILES string of the molecule is COC(=O)c1c(NC(=O)Cn2nc(C)c(Cl)c2C)c(C)nn1C. The van der Waals surface area contributed by atoms with Crippen LogP contribution >= 0.6 is 11.6 Å². The summed E-state index contributed by atoms with van der Waals surface area (Å²) in [6, 6.07) is 0. The third kappa shape index (κ3) is 3.21. The average molecular weight is 340 g/mol. The molecule has 0 unspecified atom stereocenters. The summed E-state index contributed by atoms with van der Waals surface area (Å²) in [5.74, 6) is -0.911. The first-order valence-electron chi connectivity index (χ1n) is 6.87. The van der Waals surface area contributed by atoms with Crippen molar-refractivity contribution in [2.45, 2.75) is 27.3 Å². The van der Waals surface area contributed by atoms with Crippen LogP contribution < -0.4 is 5.32 Å². The second kappa shape index (κ2) is 6.41. The number of hydrogen-bond donors (Lipinski definition) is 1. The van der Waals surface area contributed by atoms with E-state index in [2.05, 4.69) is 15.5 Å². The first-order chi connectivity index (χ1) is 10.8. The van der Waals surface area contributed by atoms with Crippen LogP contribution in [0.2, 0.25) is 5.02 Å². The first-order valence-corrected chi connectivity index (χ1v) is 7.25. The number of esters is 1. The van der Waals surface area contributed by atoms with E-state index in [9.17, 15) is 9.59 Å². The molecule has 9 heteroatoms. The normalized spacial score (nSPS) is 10.7. The molecular weight excluding hydrogens is 322 g/mol. The van der Waals surface area contributed by atoms with Crippen molar-refractivity contribution in [1.29, 1.82) is 0 Å². The highest BCUT2D eigenvalue weighted by Gasteiger charge is 2.23. The van der Waals surface area contributed by atoms with E-state index in [1.807, 2.05) is 0 Å². The Kier molecular flexibility index (Phi) is 4.74. The van der Waals surface area contributed by atoms with Crippen LogP contribution in [0.4, 0.5) is 5.69 Å². The molecule has 0 aliphatic carbocycles. The maximum absolute atomic E-state index is 12.3. The third-order valence-corrected chi connectivity index (χ3v) is 4.00. The summed E-state index contributed by atoms with van der Waals surface area (Å²) in [6.07, 6.45) is 0. The Bertz CT molecular complexity index is 778. The molecule has 0 saturated carbocycles. The fraction of sp³-hybridized carbons (Fsp3) is 0.429. The van der Waals surface area contributed by atoms with Gasteiger partial charge < -0.3 is 10.1 Å². The minimum Gasteiger partial charge on any atom is -0.464 e. The number of carbonyl (C=O) groups excluding carboxylic acids is 2. The van der Waals surface area contributed by atoms with Crippen LogP contribution in [0, 0.1) is 20.8 Å². The summed E-state index contributed by atoms with van der Waals surface area (Å²) in [7, 11) is 2.88. The number of amides is 1. The molecule has 0 saturated heterocycles. The highest BCUT2D eigenvalue weighted by molar-refractivity contribution is 6.31. The van der Waals surface area contributed by atoms with Crippen molar-refractivity contribution < 1.29 is 14.3 Å². The molecule has 0 bridgehead atoms. The number of carbonyl (C=O) groups is 2. The Morgan fingerprint density at radius 3 is 2.39 bits per heavy atom. The number of rotatable bonds is 4. The van der Waals surface area contributed by atoms with E-state index in [4.69, 9.17) is 16.3 Å². The molecule has 0 spiro atoms. The van der Waals surface area contributed by atoms with Crippen LogP contribution in [-0.4, -0.2) is 38.5 Å². The van der Waals surface area contributed by atoms with Crippen molar-refractivity contribution in [2.24, 2.45) is 7.05 Å². The molecule has 0 aliphatic heterocycles. The summed E-state index contributed by atoms with van der Waals surface area (Å²) >= 11 is 6.07. The number of nitrogens with one attached hydrogen (secondary N) is 1. The van der Waals surface area contributed by atoms with Gasteiger partial charge in [0, 0.05) is 7.05 Å². The molecule has 124 valence electrons. The molecule has 2 aromatic rings. The zero-order valence-corrected chi connectivity index (χ0v) is 14.4. The molecule has 0 radical (unpaired) electrons. The van der Waals surface area contributed by atoms with Crippen molar-refractivity contribution >= 4 is 29.2 Å². The Morgan fingerprint density at radius 2 is 1.87 bits per heavy atom. The molecule has 0 atom stereocenters. The van der Waals surface area contributed by atoms with Crippen LogP contribution in [0.25, 0.3) is 0 Å². The number of halogens is 1. The Balaban J connectivity index is 2.24. The number of methoxy groups -OCH3 is 1. The molecule has 0 aromatic carbocycles. The van der Waals surface area contributed by atoms with Gasteiger partial charge in [0.15, 0.2) is 5.69 Å². The standard InChI is InChI=1S/C14H18ClN5O3/c1-7-11(15)9(3)20(18-7)6-10(21)16-12-8(2)17-19(4)13(12)14(22)23-5/h6H2,1-5H3,(H,16,21). The fourth-order valence-electron chi connectivity index (χ4n) is 2.28. The van der Waals surface area contributed by atoms with Crippen LogP contribution in [0.15, 0.2) is 0 Å². The van der Waals surface area contributed by atoms with Gasteiger partial charge in [-0.1, -0.05) is 11.6 Å². The molecule has 8 nitrogen and oxygen atoms in total. The third-order valence-electron chi connectivity index (χ3n) is 3.45. The largest absolute Gasteiger partial charge is 0.464 e. The van der Waals surface area contributed by atoms with Gasteiger partial charge in [0.25, 0.3) is 0 Å². The molecule has 0 fully saturated rings. The average Bonchev–Trinajstić information content (AvgIpc) is 2.89. The van der Waals surface area contributed by atoms with Gasteiger partial charge in [0.2, 0.25) is 5.91 Å². The number of aromatic nitrogens is 4. The van der Waals surface area contributed by atoms with Crippen molar-refractivity contribution in [3.8, 4) is 0 Å². The highest BCUT2D eigenvalue weighted by atomic mass is 35.5. The zero-order valence-electron chi connectivity index (χ0n) is 13.6. The Hall–Kier alpha value is -2.35. The van der Waals surface area contributed by atoms with E-state index in [0.29, 0.717) is 27.8 Å². The summed E-state index contributed by atoms with van der Waals surface area (Å²) in [5.41, 5.74) is 2.40. The molecule has 1 amide bonds. The van der Waals surface area contributed by atoms with Crippen molar-refractivity contribution in [1.82, 2.24) is 19.6 Å². The topological polar surface area (TPSA) is 91.0 Å². The van der Waals surface area contributed by atoms with Crippen LogP contribution in [0.1, 0.15) is 27.6 Å². The monoisotopic (exact) mass is 339 g/mol. The Labute approximate surface area is 138 Å². The number of anilines is 1. The van der Waals surface area contributed by atoms with Gasteiger partial charge in [-0.3, -0.25) is 14.2 Å². The predicted molar refractivity (Wildman–Crippen MR) is 84.6 cm³/mol. The number of aryl methyl sites for hydroxylation is 3. The molecular formula is C14H18ClN5O3. The van der Waals surface area contributed by atoms with Gasteiger partial charge in [-0.25, -0.2) is 4.79 Å². The minimum absolute atomic E-state index is 0.0195. The second-order valence-corrected chi connectivity index (χ2v) is 5.49. The number of hydrogen-bond acceptors (Lipinski definition) is 5. The van der Waals surface area contributed by atoms with E-state index in [1.54, 1.807) is 27.8 Å². The van der Waals surface area contributed by atoms with Gasteiger partial charge in [0.1, 0.15) is 6.54 Å². The van der Waals surface area contributed by atoms with Crippen LogP contribution in [0.5, 0.6) is 0 Å². The van der Waals surface area contributed by atoms with Crippen molar-refractivity contribution in [2.75, 3.05) is 12.4 Å². The molecule has 0 aliphatic rings. The second-order valence-electron chi connectivity index (χ2n) is 5.11. The van der Waals surface area contributed by atoms with Crippen molar-refractivity contribution in [3.05, 3.63) is 27.8 Å². The van der Waals surface area contributed by atoms with E-state index in [0.717, 1.165) is 0 Å².